The van der Waals surface area contributed by atoms with Gasteiger partial charge in [0.1, 0.15) is 5.82 Å². The van der Waals surface area contributed by atoms with E-state index >= 15 is 0 Å². The summed E-state index contributed by atoms with van der Waals surface area (Å²) >= 11 is 0. The fraction of sp³-hybridized carbons (Fsp3) is 0.769. The number of imidazole rings is 1. The molecule has 0 spiro atoms. The summed E-state index contributed by atoms with van der Waals surface area (Å²) in [4.78, 5) is 4.65. The summed E-state index contributed by atoms with van der Waals surface area (Å²) in [5, 5.41) is 3.08. The van der Waals surface area contributed by atoms with Crippen LogP contribution in [0.2, 0.25) is 0 Å². The average molecular weight is 283 g/mol. The van der Waals surface area contributed by atoms with Gasteiger partial charge in [-0.2, -0.15) is 0 Å². The molecule has 0 saturated carbocycles. The minimum Gasteiger partial charge on any atom is -0.335 e. The van der Waals surface area contributed by atoms with Crippen LogP contribution in [0.5, 0.6) is 0 Å². The lowest BCUT2D eigenvalue weighted by atomic mass is 10.1. The number of rotatable bonds is 2. The molecule has 106 valence electrons. The first-order chi connectivity index (χ1) is 9.08. The van der Waals surface area contributed by atoms with Crippen LogP contribution in [-0.4, -0.2) is 35.5 Å². The highest BCUT2D eigenvalue weighted by atomic mass is 32.2. The zero-order valence-electron chi connectivity index (χ0n) is 11.4. The average Bonchev–Trinajstić information content (AvgIpc) is 2.70. The largest absolute Gasteiger partial charge is 0.335 e. The van der Waals surface area contributed by atoms with Gasteiger partial charge in [-0.05, 0) is 12.8 Å². The Kier molecular flexibility index (Phi) is 3.39. The first kappa shape index (κ1) is 13.1. The number of hydrogen-bond acceptors (Lipinski definition) is 4. The molecule has 0 bridgehead atoms. The van der Waals surface area contributed by atoms with Crippen molar-refractivity contribution in [1.82, 2.24) is 14.9 Å². The fourth-order valence-corrected chi connectivity index (χ4v) is 5.02. The molecule has 5 nitrogen and oxygen atoms in total. The second-order valence-corrected chi connectivity index (χ2v) is 8.00. The normalized spacial score (nSPS) is 26.1. The molecule has 0 aliphatic carbocycles. The van der Waals surface area contributed by atoms with Crippen molar-refractivity contribution in [2.75, 3.05) is 12.3 Å². The molecule has 3 rings (SSSR count). The Hall–Kier alpha value is -0.880. The summed E-state index contributed by atoms with van der Waals surface area (Å²) < 4.78 is 26.3. The van der Waals surface area contributed by atoms with E-state index in [2.05, 4.69) is 14.9 Å². The highest BCUT2D eigenvalue weighted by Crippen LogP contribution is 2.24. The van der Waals surface area contributed by atoms with Crippen LogP contribution in [0.15, 0.2) is 0 Å². The van der Waals surface area contributed by atoms with Gasteiger partial charge >= 0.3 is 0 Å². The molecule has 1 fully saturated rings. The standard InChI is InChI=1S/C13H21N3O2S/c1-16-12-5-6-14-9-11(12)15-13(16)8-10-4-2-3-7-19(10,17)18/h10,14H,2-9H2,1H3. The lowest BCUT2D eigenvalue weighted by Gasteiger charge is -2.22. The van der Waals surface area contributed by atoms with Crippen molar-refractivity contribution in [3.05, 3.63) is 17.2 Å². The number of nitrogens with one attached hydrogen (secondary N) is 1. The molecule has 1 saturated heterocycles. The first-order valence-corrected chi connectivity index (χ1v) is 8.75. The lowest BCUT2D eigenvalue weighted by Crippen LogP contribution is -2.31. The van der Waals surface area contributed by atoms with Gasteiger partial charge in [-0.15, -0.1) is 0 Å². The van der Waals surface area contributed by atoms with E-state index in [1.54, 1.807) is 0 Å². The second-order valence-electron chi connectivity index (χ2n) is 5.60. The predicted molar refractivity (Wildman–Crippen MR) is 73.7 cm³/mol. The van der Waals surface area contributed by atoms with Gasteiger partial charge in [0, 0.05) is 38.7 Å². The molecule has 0 aromatic carbocycles. The highest BCUT2D eigenvalue weighted by Gasteiger charge is 2.30. The van der Waals surface area contributed by atoms with Crippen LogP contribution in [-0.2, 0) is 36.3 Å². The third kappa shape index (κ3) is 2.43. The van der Waals surface area contributed by atoms with Crippen molar-refractivity contribution in [3.63, 3.8) is 0 Å². The maximum atomic E-state index is 12.1. The maximum Gasteiger partial charge on any atom is 0.153 e. The quantitative estimate of drug-likeness (QED) is 0.862. The summed E-state index contributed by atoms with van der Waals surface area (Å²) in [7, 11) is -0.893. The van der Waals surface area contributed by atoms with Crippen LogP contribution in [0.3, 0.4) is 0 Å². The third-order valence-corrected chi connectivity index (χ3v) is 6.62. The van der Waals surface area contributed by atoms with E-state index in [4.69, 9.17) is 0 Å². The van der Waals surface area contributed by atoms with Gasteiger partial charge in [0.25, 0.3) is 0 Å². The molecule has 0 radical (unpaired) electrons. The van der Waals surface area contributed by atoms with Crippen LogP contribution in [0, 0.1) is 0 Å². The van der Waals surface area contributed by atoms with Crippen molar-refractivity contribution in [2.45, 2.75) is 43.9 Å². The summed E-state index contributed by atoms with van der Waals surface area (Å²) in [5.74, 6) is 1.28. The Labute approximate surface area is 114 Å². The monoisotopic (exact) mass is 283 g/mol. The van der Waals surface area contributed by atoms with Gasteiger partial charge in [-0.1, -0.05) is 6.42 Å². The van der Waals surface area contributed by atoms with Crippen molar-refractivity contribution < 1.29 is 8.42 Å². The molecule has 1 aromatic rings. The number of sulfone groups is 1. The zero-order chi connectivity index (χ0) is 13.5. The molecule has 1 N–H and O–H groups in total. The van der Waals surface area contributed by atoms with E-state index in [-0.39, 0.29) is 5.25 Å². The van der Waals surface area contributed by atoms with Gasteiger partial charge in [0.2, 0.25) is 0 Å². The van der Waals surface area contributed by atoms with Gasteiger partial charge in [-0.3, -0.25) is 0 Å². The Morgan fingerprint density at radius 1 is 1.42 bits per heavy atom. The molecule has 3 heterocycles. The van der Waals surface area contributed by atoms with Crippen LogP contribution in [0.1, 0.15) is 36.5 Å². The van der Waals surface area contributed by atoms with Crippen molar-refractivity contribution >= 4 is 9.84 Å². The topological polar surface area (TPSA) is 64.0 Å². The van der Waals surface area contributed by atoms with E-state index in [0.29, 0.717) is 12.2 Å². The minimum absolute atomic E-state index is 0.225. The third-order valence-electron chi connectivity index (χ3n) is 4.34. The molecule has 2 aliphatic rings. The van der Waals surface area contributed by atoms with Gasteiger partial charge in [-0.25, -0.2) is 13.4 Å². The van der Waals surface area contributed by atoms with Crippen molar-refractivity contribution in [3.8, 4) is 0 Å². The molecular weight excluding hydrogens is 262 g/mol. The van der Waals surface area contributed by atoms with E-state index in [9.17, 15) is 8.42 Å². The Balaban J connectivity index is 1.85. The summed E-state index contributed by atoms with van der Waals surface area (Å²) in [5.41, 5.74) is 2.36. The molecular formula is C13H21N3O2S. The number of nitrogens with zero attached hydrogens (tertiary/aromatic N) is 2. The van der Waals surface area contributed by atoms with Crippen LogP contribution < -0.4 is 5.32 Å². The van der Waals surface area contributed by atoms with Crippen LogP contribution >= 0.6 is 0 Å². The molecule has 6 heteroatoms. The van der Waals surface area contributed by atoms with E-state index < -0.39 is 9.84 Å². The zero-order valence-corrected chi connectivity index (χ0v) is 12.2. The van der Waals surface area contributed by atoms with Gasteiger partial charge < -0.3 is 9.88 Å². The number of aromatic nitrogens is 2. The van der Waals surface area contributed by atoms with Crippen LogP contribution in [0.4, 0.5) is 0 Å². The maximum absolute atomic E-state index is 12.1. The molecule has 1 atom stereocenters. The van der Waals surface area contributed by atoms with Gasteiger partial charge in [0.05, 0.1) is 16.7 Å². The Bertz CT molecular complexity index is 577. The van der Waals surface area contributed by atoms with Crippen LogP contribution in [0.25, 0.3) is 0 Å². The Morgan fingerprint density at radius 3 is 3.00 bits per heavy atom. The van der Waals surface area contributed by atoms with E-state index in [1.165, 1.54) is 5.69 Å². The predicted octanol–water partition coefficient (Wildman–Crippen LogP) is 0.576. The van der Waals surface area contributed by atoms with Crippen molar-refractivity contribution in [2.24, 2.45) is 7.05 Å². The van der Waals surface area contributed by atoms with Gasteiger partial charge in [0.15, 0.2) is 9.84 Å². The van der Waals surface area contributed by atoms with Crippen molar-refractivity contribution in [1.29, 1.82) is 0 Å². The second kappa shape index (κ2) is 4.90. The lowest BCUT2D eigenvalue weighted by molar-refractivity contribution is 0.530. The highest BCUT2D eigenvalue weighted by molar-refractivity contribution is 7.92. The smallest absolute Gasteiger partial charge is 0.153 e. The summed E-state index contributed by atoms with van der Waals surface area (Å²) in [6, 6.07) is 0. The SMILES string of the molecule is Cn1c(CC2CCCCS2(=O)=O)nc2c1CCNC2. The number of hydrogen-bond donors (Lipinski definition) is 1. The Morgan fingerprint density at radius 2 is 2.26 bits per heavy atom. The number of fused-ring (bicyclic) bond motifs is 1. The summed E-state index contributed by atoms with van der Waals surface area (Å²) in [6.45, 7) is 1.79. The fourth-order valence-electron chi connectivity index (χ4n) is 3.15. The molecule has 2 aliphatic heterocycles. The first-order valence-electron chi connectivity index (χ1n) is 7.03. The molecule has 0 amide bonds. The van der Waals surface area contributed by atoms with E-state index in [1.807, 2.05) is 7.05 Å². The minimum atomic E-state index is -2.91. The molecule has 1 unspecified atom stereocenters. The molecule has 19 heavy (non-hydrogen) atoms. The van der Waals surface area contributed by atoms with E-state index in [0.717, 1.165) is 50.3 Å². The summed E-state index contributed by atoms with van der Waals surface area (Å²) in [6.07, 6.45) is 4.19. The molecule has 1 aromatic heterocycles.